The average Bonchev–Trinajstić information content (AvgIpc) is 2.93. The van der Waals surface area contributed by atoms with E-state index in [9.17, 15) is 29.7 Å². The van der Waals surface area contributed by atoms with Crippen molar-refractivity contribution in [2.45, 2.75) is 150 Å². The second-order valence-corrected chi connectivity index (χ2v) is 13.0. The zero-order valence-electron chi connectivity index (χ0n) is 27.7. The number of allylic oxidation sites excluding steroid dienone is 2. The van der Waals surface area contributed by atoms with Crippen molar-refractivity contribution in [3.8, 4) is 0 Å². The first-order valence-electron chi connectivity index (χ1n) is 17.2. The summed E-state index contributed by atoms with van der Waals surface area (Å²) in [6, 6.07) is 0. The van der Waals surface area contributed by atoms with Crippen LogP contribution in [0.3, 0.4) is 0 Å². The van der Waals surface area contributed by atoms with E-state index in [1.54, 1.807) is 20.8 Å². The SMILES string of the molecule is CCCCCCCCCCCCCCCCCC/C=C/CCC[N+](CC(C)C(=O)O)(CC(C)C(=O)O)CC(C)C(=O)O. The Labute approximate surface area is 257 Å². The number of aliphatic carboxylic acids is 3. The molecule has 3 N–H and O–H groups in total. The molecule has 0 aromatic rings. The van der Waals surface area contributed by atoms with Gasteiger partial charge in [-0.15, -0.1) is 0 Å². The van der Waals surface area contributed by atoms with E-state index in [0.717, 1.165) is 19.3 Å². The van der Waals surface area contributed by atoms with Crippen molar-refractivity contribution >= 4 is 17.9 Å². The Balaban J connectivity index is 4.25. The highest BCUT2D eigenvalue weighted by Crippen LogP contribution is 2.22. The van der Waals surface area contributed by atoms with E-state index in [0.29, 0.717) is 6.54 Å². The van der Waals surface area contributed by atoms with Crippen LogP contribution in [0.2, 0.25) is 0 Å². The minimum absolute atomic E-state index is 0.196. The molecule has 0 aliphatic heterocycles. The lowest BCUT2D eigenvalue weighted by atomic mass is 10.0. The number of hydrogen-bond donors (Lipinski definition) is 3. The summed E-state index contributed by atoms with van der Waals surface area (Å²) < 4.78 is 0.196. The van der Waals surface area contributed by atoms with Gasteiger partial charge in [-0.2, -0.15) is 0 Å². The van der Waals surface area contributed by atoms with Gasteiger partial charge >= 0.3 is 17.9 Å². The standard InChI is InChI=1S/C35H65NO6/c1-5-6-7-8-9-10-11-12-13-14-15-16-17-18-19-20-21-22-23-24-25-26-36(27-30(2)33(37)38,28-31(3)34(39)40)29-32(4)35(41)42/h22-23,30-32H,5-21,24-29H2,1-4H3,(H2-,37,38,39,40,41,42)/p+1/b23-22+. The molecule has 0 saturated heterocycles. The van der Waals surface area contributed by atoms with Crippen molar-refractivity contribution in [1.82, 2.24) is 0 Å². The molecule has 0 aromatic carbocycles. The third-order valence-electron chi connectivity index (χ3n) is 8.64. The number of hydrogen-bond acceptors (Lipinski definition) is 3. The van der Waals surface area contributed by atoms with E-state index in [-0.39, 0.29) is 24.1 Å². The lowest BCUT2D eigenvalue weighted by Gasteiger charge is -2.42. The van der Waals surface area contributed by atoms with E-state index in [2.05, 4.69) is 19.1 Å². The van der Waals surface area contributed by atoms with Crippen molar-refractivity contribution < 1.29 is 34.2 Å². The van der Waals surface area contributed by atoms with Crippen LogP contribution < -0.4 is 0 Å². The van der Waals surface area contributed by atoms with Crippen molar-refractivity contribution in [2.24, 2.45) is 17.8 Å². The van der Waals surface area contributed by atoms with Gasteiger partial charge in [-0.3, -0.25) is 14.4 Å². The van der Waals surface area contributed by atoms with E-state index in [1.165, 1.54) is 103 Å². The maximum absolute atomic E-state index is 11.6. The summed E-state index contributed by atoms with van der Waals surface area (Å²) in [7, 11) is 0. The van der Waals surface area contributed by atoms with Gasteiger partial charge in [0.25, 0.3) is 0 Å². The summed E-state index contributed by atoms with van der Waals surface area (Å²) in [5.74, 6) is -4.88. The summed E-state index contributed by atoms with van der Waals surface area (Å²) in [5, 5.41) is 28.6. The number of unbranched alkanes of at least 4 members (excludes halogenated alkanes) is 17. The maximum Gasteiger partial charge on any atom is 0.311 e. The number of rotatable bonds is 30. The fourth-order valence-corrected chi connectivity index (χ4v) is 6.07. The van der Waals surface area contributed by atoms with Crippen molar-refractivity contribution in [1.29, 1.82) is 0 Å². The van der Waals surface area contributed by atoms with Crippen LogP contribution in [0.25, 0.3) is 0 Å². The lowest BCUT2D eigenvalue weighted by molar-refractivity contribution is -0.934. The van der Waals surface area contributed by atoms with Crippen LogP contribution in [0.5, 0.6) is 0 Å². The first-order valence-corrected chi connectivity index (χ1v) is 17.2. The van der Waals surface area contributed by atoms with Crippen LogP contribution in [0, 0.1) is 17.8 Å². The Morgan fingerprint density at radius 3 is 1.10 bits per heavy atom. The van der Waals surface area contributed by atoms with Gasteiger partial charge < -0.3 is 19.8 Å². The summed E-state index contributed by atoms with van der Waals surface area (Å²) in [5.41, 5.74) is 0. The van der Waals surface area contributed by atoms with Crippen LogP contribution >= 0.6 is 0 Å². The van der Waals surface area contributed by atoms with Crippen molar-refractivity contribution in [3.05, 3.63) is 12.2 Å². The summed E-state index contributed by atoms with van der Waals surface area (Å²) >= 11 is 0. The second kappa shape index (κ2) is 25.6. The molecule has 7 nitrogen and oxygen atoms in total. The smallest absolute Gasteiger partial charge is 0.311 e. The molecular weight excluding hydrogens is 530 g/mol. The summed E-state index contributed by atoms with van der Waals surface area (Å²) in [6.45, 7) is 8.37. The fraction of sp³-hybridized carbons (Fsp3) is 0.857. The molecular formula is C35H66NO6+. The molecule has 0 spiro atoms. The Morgan fingerprint density at radius 2 is 0.786 bits per heavy atom. The molecule has 0 fully saturated rings. The number of carboxylic acids is 3. The third kappa shape index (κ3) is 21.8. The Bertz CT molecular complexity index is 682. The summed E-state index contributed by atoms with van der Waals surface area (Å²) in [4.78, 5) is 34.9. The number of nitrogens with zero attached hydrogens (tertiary/aromatic N) is 1. The molecule has 0 radical (unpaired) electrons. The van der Waals surface area contributed by atoms with Gasteiger partial charge in [0.15, 0.2) is 0 Å². The van der Waals surface area contributed by atoms with Crippen molar-refractivity contribution in [3.63, 3.8) is 0 Å². The predicted octanol–water partition coefficient (Wildman–Crippen LogP) is 8.95. The Morgan fingerprint density at radius 1 is 0.500 bits per heavy atom. The molecule has 0 rings (SSSR count). The molecule has 3 atom stereocenters. The zero-order valence-corrected chi connectivity index (χ0v) is 27.7. The van der Waals surface area contributed by atoms with Gasteiger partial charge in [0.2, 0.25) is 0 Å². The number of carboxylic acid groups (broad SMARTS) is 3. The predicted molar refractivity (Wildman–Crippen MR) is 173 cm³/mol. The molecule has 42 heavy (non-hydrogen) atoms. The summed E-state index contributed by atoms with van der Waals surface area (Å²) in [6.07, 6.45) is 28.9. The van der Waals surface area contributed by atoms with E-state index in [4.69, 9.17) is 0 Å². The van der Waals surface area contributed by atoms with Gasteiger partial charge in [-0.1, -0.05) is 115 Å². The largest absolute Gasteiger partial charge is 0.481 e. The minimum Gasteiger partial charge on any atom is -0.481 e. The van der Waals surface area contributed by atoms with E-state index >= 15 is 0 Å². The molecule has 246 valence electrons. The van der Waals surface area contributed by atoms with Gasteiger partial charge in [0.05, 0.1) is 26.2 Å². The molecule has 0 bridgehead atoms. The van der Waals surface area contributed by atoms with Gasteiger partial charge in [-0.25, -0.2) is 0 Å². The fourth-order valence-electron chi connectivity index (χ4n) is 6.07. The highest BCUT2D eigenvalue weighted by molar-refractivity contribution is 5.70. The highest BCUT2D eigenvalue weighted by atomic mass is 16.4. The Hall–Kier alpha value is -1.89. The van der Waals surface area contributed by atoms with Gasteiger partial charge in [-0.05, 0) is 40.0 Å². The Kier molecular flexibility index (Phi) is 24.4. The van der Waals surface area contributed by atoms with Crippen LogP contribution in [0.15, 0.2) is 12.2 Å². The van der Waals surface area contributed by atoms with Gasteiger partial charge in [0, 0.05) is 6.42 Å². The first-order chi connectivity index (χ1) is 20.0. The third-order valence-corrected chi connectivity index (χ3v) is 8.64. The van der Waals surface area contributed by atoms with Crippen molar-refractivity contribution in [2.75, 3.05) is 26.2 Å². The quantitative estimate of drug-likeness (QED) is 0.0433. The molecule has 0 heterocycles. The monoisotopic (exact) mass is 596 g/mol. The van der Waals surface area contributed by atoms with E-state index < -0.39 is 35.7 Å². The number of carbonyl (C=O) groups is 3. The molecule has 3 unspecified atom stereocenters. The lowest BCUT2D eigenvalue weighted by Crippen LogP contribution is -2.57. The highest BCUT2D eigenvalue weighted by Gasteiger charge is 2.38. The zero-order chi connectivity index (χ0) is 31.6. The molecule has 7 heteroatoms. The normalized spacial score (nSPS) is 15.3. The van der Waals surface area contributed by atoms with E-state index in [1.807, 2.05) is 0 Å². The average molecular weight is 597 g/mol. The maximum atomic E-state index is 11.6. The topological polar surface area (TPSA) is 112 Å². The number of quaternary nitrogens is 1. The molecule has 0 saturated carbocycles. The molecule has 0 amide bonds. The first kappa shape index (κ1) is 40.1. The van der Waals surface area contributed by atoms with Gasteiger partial charge in [0.1, 0.15) is 17.8 Å². The van der Waals surface area contributed by atoms with Crippen LogP contribution in [0.4, 0.5) is 0 Å². The minimum atomic E-state index is -0.942. The van der Waals surface area contributed by atoms with Crippen LogP contribution in [0.1, 0.15) is 150 Å². The second-order valence-electron chi connectivity index (χ2n) is 13.0. The molecule has 0 aliphatic carbocycles. The molecule has 0 aliphatic rings. The van der Waals surface area contributed by atoms with Crippen LogP contribution in [-0.2, 0) is 14.4 Å². The van der Waals surface area contributed by atoms with Crippen LogP contribution in [-0.4, -0.2) is 63.9 Å². The molecule has 0 aromatic heterocycles.